The number of ether oxygens (including phenoxy) is 3. The summed E-state index contributed by atoms with van der Waals surface area (Å²) in [5, 5.41) is 52.3. The molecule has 10 atom stereocenters. The van der Waals surface area contributed by atoms with Crippen LogP contribution in [0.5, 0.6) is 0 Å². The van der Waals surface area contributed by atoms with Gasteiger partial charge in [0.1, 0.15) is 30.5 Å². The maximum absolute atomic E-state index is 11.5. The van der Waals surface area contributed by atoms with Crippen LogP contribution < -0.4 is 5.32 Å². The van der Waals surface area contributed by atoms with Crippen molar-refractivity contribution in [2.45, 2.75) is 75.8 Å². The van der Waals surface area contributed by atoms with E-state index in [-0.39, 0.29) is 5.91 Å². The Morgan fingerprint density at radius 1 is 1.00 bits per heavy atom. The molecule has 4 unspecified atom stereocenters. The summed E-state index contributed by atoms with van der Waals surface area (Å²) >= 11 is 0. The third-order valence-corrected chi connectivity index (χ3v) is 5.03. The van der Waals surface area contributed by atoms with Crippen LogP contribution in [0.2, 0.25) is 0 Å². The first-order chi connectivity index (χ1) is 12.2. The molecule has 0 saturated carbocycles. The van der Waals surface area contributed by atoms with Crippen LogP contribution in [0.15, 0.2) is 0 Å². The minimum absolute atomic E-state index is 0.365. The molecule has 0 bridgehead atoms. The van der Waals surface area contributed by atoms with Crippen molar-refractivity contribution in [2.24, 2.45) is 5.92 Å². The second-order valence-electron chi connectivity index (χ2n) is 6.95. The number of aliphatic hydroxyl groups excluding tert-OH is 5. The van der Waals surface area contributed by atoms with Crippen LogP contribution in [-0.2, 0) is 19.0 Å². The van der Waals surface area contributed by atoms with Gasteiger partial charge in [0.2, 0.25) is 5.91 Å². The van der Waals surface area contributed by atoms with Crippen molar-refractivity contribution in [1.29, 1.82) is 0 Å². The van der Waals surface area contributed by atoms with E-state index in [0.29, 0.717) is 0 Å². The minimum Gasteiger partial charge on any atom is -0.394 e. The highest BCUT2D eigenvalue weighted by molar-refractivity contribution is 5.73. The Kier molecular flexibility index (Phi) is 7.34. The molecule has 0 aromatic carbocycles. The number of carbonyl (C=O) groups excluding carboxylic acids is 1. The van der Waals surface area contributed by atoms with Crippen LogP contribution >= 0.6 is 0 Å². The molecule has 2 heterocycles. The molecule has 10 heteroatoms. The van der Waals surface area contributed by atoms with E-state index in [9.17, 15) is 30.3 Å². The van der Waals surface area contributed by atoms with Gasteiger partial charge in [-0.15, -0.1) is 0 Å². The molecule has 6 N–H and O–H groups in total. The van der Waals surface area contributed by atoms with Gasteiger partial charge < -0.3 is 45.1 Å². The van der Waals surface area contributed by atoms with Crippen molar-refractivity contribution in [2.75, 3.05) is 13.2 Å². The van der Waals surface area contributed by atoms with E-state index in [1.54, 1.807) is 13.8 Å². The molecule has 26 heavy (non-hydrogen) atoms. The Morgan fingerprint density at radius 2 is 1.58 bits per heavy atom. The van der Waals surface area contributed by atoms with Gasteiger partial charge in [0, 0.05) is 12.8 Å². The van der Waals surface area contributed by atoms with Crippen molar-refractivity contribution >= 4 is 5.91 Å². The number of carbonyl (C=O) groups is 1. The molecular formula is C16H29NO9. The van der Waals surface area contributed by atoms with Crippen molar-refractivity contribution in [3.63, 3.8) is 0 Å². The highest BCUT2D eigenvalue weighted by Crippen LogP contribution is 2.31. The van der Waals surface area contributed by atoms with Gasteiger partial charge >= 0.3 is 0 Å². The summed E-state index contributed by atoms with van der Waals surface area (Å²) in [6, 6.07) is -0.754. The van der Waals surface area contributed by atoms with Gasteiger partial charge in [-0.2, -0.15) is 0 Å². The molecular weight excluding hydrogens is 350 g/mol. The molecule has 1 amide bonds. The lowest BCUT2D eigenvalue weighted by Crippen LogP contribution is -2.66. The van der Waals surface area contributed by atoms with Gasteiger partial charge in [0.15, 0.2) is 6.29 Å². The molecule has 152 valence electrons. The maximum Gasteiger partial charge on any atom is 0.217 e. The second kappa shape index (κ2) is 8.89. The monoisotopic (exact) mass is 379 g/mol. The van der Waals surface area contributed by atoms with E-state index in [1.165, 1.54) is 6.92 Å². The first kappa shape index (κ1) is 21.5. The first-order valence-electron chi connectivity index (χ1n) is 8.70. The van der Waals surface area contributed by atoms with Gasteiger partial charge in [-0.3, -0.25) is 4.79 Å². The van der Waals surface area contributed by atoms with E-state index in [0.717, 1.165) is 0 Å². The molecule has 2 saturated heterocycles. The number of hydrogen-bond donors (Lipinski definition) is 6. The molecule has 0 radical (unpaired) electrons. The molecule has 2 aliphatic rings. The topological polar surface area (TPSA) is 158 Å². The summed E-state index contributed by atoms with van der Waals surface area (Å²) in [5.74, 6) is -1.01. The zero-order valence-corrected chi connectivity index (χ0v) is 15.1. The van der Waals surface area contributed by atoms with E-state index >= 15 is 0 Å². The Morgan fingerprint density at radius 3 is 2.12 bits per heavy atom. The lowest BCUT2D eigenvalue weighted by molar-refractivity contribution is -0.323. The van der Waals surface area contributed by atoms with E-state index in [1.807, 2.05) is 0 Å². The average molecular weight is 379 g/mol. The lowest BCUT2D eigenvalue weighted by atomic mass is 9.90. The second-order valence-corrected chi connectivity index (χ2v) is 6.95. The van der Waals surface area contributed by atoms with Crippen LogP contribution in [-0.4, -0.2) is 99.7 Å². The summed E-state index contributed by atoms with van der Waals surface area (Å²) in [5.41, 5.74) is 0. The summed E-state index contributed by atoms with van der Waals surface area (Å²) < 4.78 is 16.7. The Hall–Kier alpha value is -0.850. The van der Waals surface area contributed by atoms with E-state index in [2.05, 4.69) is 5.32 Å². The highest BCUT2D eigenvalue weighted by Gasteiger charge is 2.49. The zero-order chi connectivity index (χ0) is 19.6. The fraction of sp³-hybridized carbons (Fsp3) is 0.938. The fourth-order valence-corrected chi connectivity index (χ4v) is 3.42. The van der Waals surface area contributed by atoms with Crippen molar-refractivity contribution in [3.05, 3.63) is 0 Å². The van der Waals surface area contributed by atoms with Crippen LogP contribution in [0.25, 0.3) is 0 Å². The van der Waals surface area contributed by atoms with Crippen LogP contribution in [0.1, 0.15) is 20.8 Å². The average Bonchev–Trinajstić information content (AvgIpc) is 2.60. The lowest BCUT2D eigenvalue weighted by Gasteiger charge is -2.47. The number of nitrogens with one attached hydrogen (secondary N) is 1. The molecule has 2 fully saturated rings. The highest BCUT2D eigenvalue weighted by atomic mass is 16.7. The number of aliphatic hydroxyl groups is 5. The summed E-state index contributed by atoms with van der Waals surface area (Å²) in [4.78, 5) is 11.5. The minimum atomic E-state index is -1.29. The van der Waals surface area contributed by atoms with Gasteiger partial charge in [0.25, 0.3) is 0 Å². The van der Waals surface area contributed by atoms with Gasteiger partial charge in [-0.05, 0) is 6.92 Å². The van der Waals surface area contributed by atoms with Crippen molar-refractivity contribution < 1.29 is 44.5 Å². The SMILES string of the molecule is CC(=O)N[C@@H]1C(C)OC(CO)[C@H](O)[C@@H]1OC1OC(CO)[C@H](O)[C@H](C)[C@@H]1O. The molecule has 2 aliphatic heterocycles. The van der Waals surface area contributed by atoms with Gasteiger partial charge in [-0.1, -0.05) is 6.92 Å². The third kappa shape index (κ3) is 4.34. The summed E-state index contributed by atoms with van der Waals surface area (Å²) in [7, 11) is 0. The Labute approximate surface area is 151 Å². The van der Waals surface area contributed by atoms with E-state index in [4.69, 9.17) is 14.2 Å². The molecule has 0 aliphatic carbocycles. The third-order valence-electron chi connectivity index (χ3n) is 5.03. The normalized spacial score (nSPS) is 46.8. The van der Waals surface area contributed by atoms with Crippen molar-refractivity contribution in [1.82, 2.24) is 5.32 Å². The zero-order valence-electron chi connectivity index (χ0n) is 15.1. The first-order valence-corrected chi connectivity index (χ1v) is 8.70. The van der Waals surface area contributed by atoms with Crippen LogP contribution in [0.4, 0.5) is 0 Å². The van der Waals surface area contributed by atoms with Gasteiger partial charge in [-0.25, -0.2) is 0 Å². The molecule has 0 aromatic rings. The molecule has 0 aromatic heterocycles. The summed E-state index contributed by atoms with van der Waals surface area (Å²) in [6.45, 7) is 3.62. The van der Waals surface area contributed by atoms with E-state index < -0.39 is 74.2 Å². The Bertz CT molecular complexity index is 477. The predicted octanol–water partition coefficient (Wildman–Crippen LogP) is -2.91. The largest absolute Gasteiger partial charge is 0.394 e. The fourth-order valence-electron chi connectivity index (χ4n) is 3.42. The standard InChI is InChI=1S/C16H29NO9/c1-6-12(21)9(4-18)25-16(13(6)22)26-15-11(17-8(3)20)7(2)24-10(5-19)14(15)23/h6-7,9-16,18-19,21-23H,4-5H2,1-3H3,(H,17,20)/t6-,7?,9?,10?,11+,12+,13-,14-,15+,16?/m0/s1. The maximum atomic E-state index is 11.5. The Balaban J connectivity index is 2.21. The van der Waals surface area contributed by atoms with Crippen LogP contribution in [0, 0.1) is 5.92 Å². The molecule has 10 nitrogen and oxygen atoms in total. The molecule has 2 rings (SSSR count). The molecule has 0 spiro atoms. The van der Waals surface area contributed by atoms with Gasteiger partial charge in [0.05, 0.1) is 31.5 Å². The predicted molar refractivity (Wildman–Crippen MR) is 86.8 cm³/mol. The quantitative estimate of drug-likeness (QED) is 0.294. The smallest absolute Gasteiger partial charge is 0.217 e. The number of hydrogen-bond acceptors (Lipinski definition) is 9. The number of rotatable bonds is 5. The van der Waals surface area contributed by atoms with Crippen LogP contribution in [0.3, 0.4) is 0 Å². The van der Waals surface area contributed by atoms with Crippen molar-refractivity contribution in [3.8, 4) is 0 Å². The summed E-state index contributed by atoms with van der Waals surface area (Å²) in [6.07, 6.45) is -8.35. The number of amides is 1.